The number of rotatable bonds is 4. The summed E-state index contributed by atoms with van der Waals surface area (Å²) < 4.78 is 0. The van der Waals surface area contributed by atoms with Crippen LogP contribution in [-0.2, 0) is 9.59 Å². The van der Waals surface area contributed by atoms with Crippen molar-refractivity contribution in [1.82, 2.24) is 15.8 Å². The van der Waals surface area contributed by atoms with Crippen molar-refractivity contribution >= 4 is 23.4 Å². The van der Waals surface area contributed by atoms with Crippen molar-refractivity contribution in [2.45, 2.75) is 50.6 Å². The summed E-state index contributed by atoms with van der Waals surface area (Å²) >= 11 is 0. The molecule has 2 saturated heterocycles. The minimum atomic E-state index is -0.494. The fraction of sp³-hybridized carbons (Fsp3) is 0.571. The van der Waals surface area contributed by atoms with Gasteiger partial charge in [0.2, 0.25) is 17.7 Å². The number of carbonyl (C=O) groups excluding carboxylic acids is 3. The van der Waals surface area contributed by atoms with Crippen LogP contribution in [0.3, 0.4) is 0 Å². The van der Waals surface area contributed by atoms with Gasteiger partial charge in [-0.25, -0.2) is 5.43 Å². The van der Waals surface area contributed by atoms with E-state index in [0.29, 0.717) is 49.1 Å². The molecule has 0 bridgehead atoms. The van der Waals surface area contributed by atoms with Crippen LogP contribution in [-0.4, -0.2) is 47.8 Å². The number of hydrogen-bond donors (Lipinski definition) is 4. The molecule has 8 heteroatoms. The van der Waals surface area contributed by atoms with Crippen molar-refractivity contribution in [1.29, 1.82) is 0 Å². The third-order valence-electron chi connectivity index (χ3n) is 6.55. The number of amides is 3. The molecule has 0 aromatic heterocycles. The molecule has 1 aliphatic carbocycles. The van der Waals surface area contributed by atoms with Crippen LogP contribution in [0.1, 0.15) is 48.9 Å². The summed E-state index contributed by atoms with van der Waals surface area (Å²) in [5, 5.41) is 2.90. The lowest BCUT2D eigenvalue weighted by atomic mass is 9.81. The molecule has 1 saturated carbocycles. The van der Waals surface area contributed by atoms with E-state index >= 15 is 0 Å². The number of nitrogens with two attached hydrogens (primary N) is 1. The average Bonchev–Trinajstić information content (AvgIpc) is 3.18. The zero-order valence-corrected chi connectivity index (χ0v) is 16.5. The first kappa shape index (κ1) is 19.8. The van der Waals surface area contributed by atoms with Gasteiger partial charge in [-0.3, -0.25) is 19.8 Å². The zero-order valence-electron chi connectivity index (χ0n) is 16.5. The Morgan fingerprint density at radius 3 is 2.34 bits per heavy atom. The Labute approximate surface area is 170 Å². The van der Waals surface area contributed by atoms with Crippen LogP contribution in [0.5, 0.6) is 0 Å². The van der Waals surface area contributed by atoms with Gasteiger partial charge in [0.25, 0.3) is 0 Å². The van der Waals surface area contributed by atoms with E-state index in [2.05, 4.69) is 16.2 Å². The van der Waals surface area contributed by atoms with Crippen molar-refractivity contribution in [2.24, 2.45) is 17.6 Å². The van der Waals surface area contributed by atoms with E-state index in [-0.39, 0.29) is 23.8 Å². The summed E-state index contributed by atoms with van der Waals surface area (Å²) in [6.07, 6.45) is 5.95. The normalized spacial score (nSPS) is 27.3. The van der Waals surface area contributed by atoms with Crippen LogP contribution in [0.15, 0.2) is 24.3 Å². The van der Waals surface area contributed by atoms with Gasteiger partial charge >= 0.3 is 0 Å². The van der Waals surface area contributed by atoms with Crippen molar-refractivity contribution in [2.75, 3.05) is 18.4 Å². The van der Waals surface area contributed by atoms with E-state index in [1.165, 1.54) is 12.8 Å². The molecule has 1 aromatic carbocycles. The van der Waals surface area contributed by atoms with E-state index in [9.17, 15) is 14.4 Å². The number of anilines is 1. The number of nitrogens with one attached hydrogen (secondary N) is 3. The summed E-state index contributed by atoms with van der Waals surface area (Å²) in [7, 11) is 0. The second kappa shape index (κ2) is 8.51. The maximum Gasteiger partial charge on any atom is 0.248 e. The van der Waals surface area contributed by atoms with Gasteiger partial charge in [0.15, 0.2) is 0 Å². The quantitative estimate of drug-likeness (QED) is 0.603. The fourth-order valence-corrected chi connectivity index (χ4v) is 4.81. The molecule has 29 heavy (non-hydrogen) atoms. The number of fused-ring (bicyclic) bond motifs is 1. The Kier molecular flexibility index (Phi) is 5.82. The molecule has 2 heterocycles. The Bertz CT molecular complexity index is 773. The molecule has 3 atom stereocenters. The van der Waals surface area contributed by atoms with Crippen molar-refractivity contribution in [3.05, 3.63) is 29.8 Å². The maximum atomic E-state index is 13.0. The number of primary amides is 1. The number of hydrazine groups is 1. The number of hydrogen-bond acceptors (Lipinski definition) is 5. The highest BCUT2D eigenvalue weighted by Gasteiger charge is 2.43. The van der Waals surface area contributed by atoms with E-state index in [1.807, 2.05) is 4.90 Å². The number of benzene rings is 1. The van der Waals surface area contributed by atoms with Crippen LogP contribution >= 0.6 is 0 Å². The molecule has 8 nitrogen and oxygen atoms in total. The minimum absolute atomic E-state index is 0.0445. The van der Waals surface area contributed by atoms with Crippen LogP contribution in [0.25, 0.3) is 0 Å². The molecule has 2 aliphatic heterocycles. The number of piperidine rings is 1. The lowest BCUT2D eigenvalue weighted by Gasteiger charge is -2.35. The third kappa shape index (κ3) is 4.28. The summed E-state index contributed by atoms with van der Waals surface area (Å²) in [6.45, 7) is 1.21. The highest BCUT2D eigenvalue weighted by Crippen LogP contribution is 2.31. The van der Waals surface area contributed by atoms with Crippen molar-refractivity contribution in [3.8, 4) is 0 Å². The highest BCUT2D eigenvalue weighted by atomic mass is 16.2. The van der Waals surface area contributed by atoms with Crippen LogP contribution < -0.4 is 21.9 Å². The minimum Gasteiger partial charge on any atom is -0.366 e. The molecule has 156 valence electrons. The smallest absolute Gasteiger partial charge is 0.248 e. The molecule has 3 aliphatic rings. The molecule has 4 rings (SSSR count). The molecular weight excluding hydrogens is 370 g/mol. The molecule has 0 spiro atoms. The predicted octanol–water partition coefficient (Wildman–Crippen LogP) is 0.998. The fourth-order valence-electron chi connectivity index (χ4n) is 4.81. The summed E-state index contributed by atoms with van der Waals surface area (Å²) in [5.41, 5.74) is 12.8. The van der Waals surface area contributed by atoms with Crippen LogP contribution in [0.4, 0.5) is 5.69 Å². The molecule has 3 amide bonds. The zero-order chi connectivity index (χ0) is 20.4. The van der Waals surface area contributed by atoms with Gasteiger partial charge in [-0.2, -0.15) is 0 Å². The highest BCUT2D eigenvalue weighted by molar-refractivity contribution is 5.95. The van der Waals surface area contributed by atoms with Gasteiger partial charge in [-0.05, 0) is 49.9 Å². The Morgan fingerprint density at radius 1 is 0.966 bits per heavy atom. The van der Waals surface area contributed by atoms with Gasteiger partial charge in [0.1, 0.15) is 6.04 Å². The SMILES string of the molecule is NC(=O)c1ccc(NC(=O)C2CCN(C(=O)C3NNC4CCCCC43)CC2)cc1. The van der Waals surface area contributed by atoms with Gasteiger partial charge in [0, 0.05) is 42.2 Å². The topological polar surface area (TPSA) is 117 Å². The summed E-state index contributed by atoms with van der Waals surface area (Å²) in [5.74, 6) is -0.122. The van der Waals surface area contributed by atoms with Gasteiger partial charge in [0.05, 0.1) is 0 Å². The maximum absolute atomic E-state index is 13.0. The number of likely N-dealkylation sites (tertiary alicyclic amines) is 1. The first-order valence-corrected chi connectivity index (χ1v) is 10.5. The standard InChI is InChI=1S/C21H29N5O3/c22-19(27)13-5-7-15(8-6-13)23-20(28)14-9-11-26(12-10-14)21(29)18-16-3-1-2-4-17(16)24-25-18/h5-8,14,16-18,24-25H,1-4,9-12H2,(H2,22,27)(H,23,28). The lowest BCUT2D eigenvalue weighted by molar-refractivity contribution is -0.137. The van der Waals surface area contributed by atoms with Gasteiger partial charge in [-0.1, -0.05) is 12.8 Å². The summed E-state index contributed by atoms with van der Waals surface area (Å²) in [4.78, 5) is 38.6. The number of carbonyl (C=O) groups is 3. The van der Waals surface area contributed by atoms with E-state index in [0.717, 1.165) is 12.8 Å². The monoisotopic (exact) mass is 399 g/mol. The largest absolute Gasteiger partial charge is 0.366 e. The number of nitrogens with zero attached hydrogens (tertiary/aromatic N) is 1. The van der Waals surface area contributed by atoms with E-state index in [4.69, 9.17) is 5.73 Å². The van der Waals surface area contributed by atoms with E-state index < -0.39 is 5.91 Å². The molecule has 3 unspecified atom stereocenters. The summed E-state index contributed by atoms with van der Waals surface area (Å²) in [6, 6.07) is 6.81. The molecule has 3 fully saturated rings. The average molecular weight is 399 g/mol. The third-order valence-corrected chi connectivity index (χ3v) is 6.55. The molecule has 5 N–H and O–H groups in total. The second-order valence-electron chi connectivity index (χ2n) is 8.35. The van der Waals surface area contributed by atoms with Gasteiger partial charge in [-0.15, -0.1) is 0 Å². The van der Waals surface area contributed by atoms with Gasteiger partial charge < -0.3 is 16.0 Å². The Morgan fingerprint density at radius 2 is 1.66 bits per heavy atom. The van der Waals surface area contributed by atoms with Crippen molar-refractivity contribution in [3.63, 3.8) is 0 Å². The lowest BCUT2D eigenvalue weighted by Crippen LogP contribution is -2.51. The first-order valence-electron chi connectivity index (χ1n) is 10.5. The first-order chi connectivity index (χ1) is 14.0. The van der Waals surface area contributed by atoms with Crippen molar-refractivity contribution < 1.29 is 14.4 Å². The second-order valence-corrected chi connectivity index (χ2v) is 8.35. The Hall–Kier alpha value is -2.45. The molecule has 0 radical (unpaired) electrons. The predicted molar refractivity (Wildman–Crippen MR) is 109 cm³/mol. The van der Waals surface area contributed by atoms with E-state index in [1.54, 1.807) is 24.3 Å². The molecule has 1 aromatic rings. The Balaban J connectivity index is 1.28. The molecular formula is C21H29N5O3. The van der Waals surface area contributed by atoms with Crippen LogP contribution in [0.2, 0.25) is 0 Å². The van der Waals surface area contributed by atoms with Crippen LogP contribution in [0, 0.1) is 11.8 Å².